The summed E-state index contributed by atoms with van der Waals surface area (Å²) in [7, 11) is 0. The number of fused-ring (bicyclic) bond motifs is 1. The molecule has 0 saturated heterocycles. The average Bonchev–Trinajstić information content (AvgIpc) is 2.74. The van der Waals surface area contributed by atoms with Gasteiger partial charge in [-0.15, -0.1) is 0 Å². The van der Waals surface area contributed by atoms with Crippen molar-refractivity contribution in [1.29, 1.82) is 0 Å². The Balaban J connectivity index is 1.47. The molecule has 2 heterocycles. The predicted octanol–water partition coefficient (Wildman–Crippen LogP) is 2.42. The van der Waals surface area contributed by atoms with Gasteiger partial charge in [0.1, 0.15) is 5.75 Å². The molecule has 2 aromatic carbocycles. The van der Waals surface area contributed by atoms with E-state index in [0.717, 1.165) is 0 Å². The molecule has 1 aliphatic heterocycles. The summed E-state index contributed by atoms with van der Waals surface area (Å²) >= 11 is 0. The Bertz CT molecular complexity index is 1060. The zero-order valence-corrected chi connectivity index (χ0v) is 14.9. The quantitative estimate of drug-likeness (QED) is 0.550. The Morgan fingerprint density at radius 3 is 2.39 bits per heavy atom. The smallest absolute Gasteiger partial charge is 0.262 e. The Hall–Kier alpha value is -3.80. The lowest BCUT2D eigenvalue weighted by molar-refractivity contribution is -0.683. The number of amides is 1. The zero-order chi connectivity index (χ0) is 19.5. The molecule has 4 rings (SSSR count). The summed E-state index contributed by atoms with van der Waals surface area (Å²) in [6, 6.07) is 17.4. The summed E-state index contributed by atoms with van der Waals surface area (Å²) in [5.74, 6) is 0.122. The Kier molecular flexibility index (Phi) is 4.68. The second-order valence-electron chi connectivity index (χ2n) is 6.43. The standard InChI is InChI=1S/C22H16N2O4/c25-19(17-6-7-20-18(12-17)23-21(26)14-28-20)13-24-10-8-16(9-11-24)22(27)15-4-2-1-3-5-15/h1-12H,13-14H2/p+1. The molecule has 1 N–H and O–H groups in total. The number of carbonyl (C=O) groups excluding carboxylic acids is 3. The number of nitrogens with one attached hydrogen (secondary N) is 1. The molecule has 0 unspecified atom stereocenters. The number of Topliss-reactive ketones (excluding diaryl/α,β-unsaturated/α-hetero) is 1. The van der Waals surface area contributed by atoms with Gasteiger partial charge in [-0.3, -0.25) is 14.4 Å². The number of nitrogens with zero attached hydrogens (tertiary/aromatic N) is 1. The van der Waals surface area contributed by atoms with Gasteiger partial charge in [-0.25, -0.2) is 0 Å². The van der Waals surface area contributed by atoms with Crippen LogP contribution in [0.1, 0.15) is 26.3 Å². The number of ketones is 2. The van der Waals surface area contributed by atoms with E-state index in [9.17, 15) is 14.4 Å². The summed E-state index contributed by atoms with van der Waals surface area (Å²) in [5, 5.41) is 2.69. The molecule has 28 heavy (non-hydrogen) atoms. The lowest BCUT2D eigenvalue weighted by Gasteiger charge is -2.18. The van der Waals surface area contributed by atoms with Crippen molar-refractivity contribution in [2.24, 2.45) is 0 Å². The van der Waals surface area contributed by atoms with E-state index in [1.54, 1.807) is 59.4 Å². The fourth-order valence-corrected chi connectivity index (χ4v) is 2.98. The van der Waals surface area contributed by atoms with E-state index >= 15 is 0 Å². The number of carbonyl (C=O) groups is 3. The van der Waals surface area contributed by atoms with Crippen LogP contribution in [0.25, 0.3) is 0 Å². The lowest BCUT2D eigenvalue weighted by atomic mass is 10.0. The van der Waals surface area contributed by atoms with E-state index in [4.69, 9.17) is 4.74 Å². The Labute approximate surface area is 161 Å². The number of hydrogen-bond acceptors (Lipinski definition) is 4. The minimum absolute atomic E-state index is 0.0236. The van der Waals surface area contributed by atoms with E-state index in [-0.39, 0.29) is 30.6 Å². The maximum atomic E-state index is 12.6. The van der Waals surface area contributed by atoms with Gasteiger partial charge >= 0.3 is 0 Å². The molecule has 3 aromatic rings. The van der Waals surface area contributed by atoms with E-state index in [2.05, 4.69) is 5.32 Å². The summed E-state index contributed by atoms with van der Waals surface area (Å²) < 4.78 is 7.01. The van der Waals surface area contributed by atoms with Crippen molar-refractivity contribution in [3.63, 3.8) is 0 Å². The second kappa shape index (κ2) is 7.44. The minimum atomic E-state index is -0.245. The third kappa shape index (κ3) is 3.66. The first-order chi connectivity index (χ1) is 13.6. The number of pyridine rings is 1. The predicted molar refractivity (Wildman–Crippen MR) is 101 cm³/mol. The first-order valence-corrected chi connectivity index (χ1v) is 8.79. The highest BCUT2D eigenvalue weighted by Crippen LogP contribution is 2.28. The third-order valence-corrected chi connectivity index (χ3v) is 4.45. The maximum Gasteiger partial charge on any atom is 0.262 e. The highest BCUT2D eigenvalue weighted by Gasteiger charge is 2.20. The van der Waals surface area contributed by atoms with Crippen LogP contribution in [0.3, 0.4) is 0 Å². The van der Waals surface area contributed by atoms with Crippen LogP contribution >= 0.6 is 0 Å². The van der Waals surface area contributed by atoms with Crippen LogP contribution in [0.5, 0.6) is 5.75 Å². The molecular weight excluding hydrogens is 356 g/mol. The van der Waals surface area contributed by atoms with Crippen LogP contribution in [0, 0.1) is 0 Å². The van der Waals surface area contributed by atoms with E-state index in [1.165, 1.54) is 0 Å². The molecule has 6 heteroatoms. The Morgan fingerprint density at radius 1 is 0.929 bits per heavy atom. The van der Waals surface area contributed by atoms with Crippen LogP contribution in [0.4, 0.5) is 5.69 Å². The molecule has 0 radical (unpaired) electrons. The summed E-state index contributed by atoms with van der Waals surface area (Å²) in [4.78, 5) is 36.5. The number of ether oxygens (including phenoxy) is 1. The van der Waals surface area contributed by atoms with Gasteiger partial charge in [-0.05, 0) is 18.2 Å². The van der Waals surface area contributed by atoms with Gasteiger partial charge in [-0.1, -0.05) is 30.3 Å². The average molecular weight is 373 g/mol. The van der Waals surface area contributed by atoms with Gasteiger partial charge in [0.2, 0.25) is 12.3 Å². The SMILES string of the molecule is O=C1COc2ccc(C(=O)C[n+]3ccc(C(=O)c4ccccc4)cc3)cc2N1. The number of benzene rings is 2. The largest absolute Gasteiger partial charge is 0.482 e. The van der Waals surface area contributed by atoms with Gasteiger partial charge in [0.05, 0.1) is 5.69 Å². The highest BCUT2D eigenvalue weighted by atomic mass is 16.5. The van der Waals surface area contributed by atoms with Gasteiger partial charge in [-0.2, -0.15) is 4.57 Å². The van der Waals surface area contributed by atoms with Crippen molar-refractivity contribution in [1.82, 2.24) is 0 Å². The van der Waals surface area contributed by atoms with Crippen molar-refractivity contribution in [3.8, 4) is 5.75 Å². The molecule has 138 valence electrons. The monoisotopic (exact) mass is 373 g/mol. The molecule has 1 aromatic heterocycles. The van der Waals surface area contributed by atoms with Crippen LogP contribution in [-0.2, 0) is 11.3 Å². The Morgan fingerprint density at radius 2 is 1.64 bits per heavy atom. The highest BCUT2D eigenvalue weighted by molar-refractivity contribution is 6.08. The van der Waals surface area contributed by atoms with E-state index in [0.29, 0.717) is 28.1 Å². The maximum absolute atomic E-state index is 12.6. The van der Waals surface area contributed by atoms with Crippen molar-refractivity contribution in [2.45, 2.75) is 6.54 Å². The van der Waals surface area contributed by atoms with E-state index in [1.807, 2.05) is 18.2 Å². The molecular formula is C22H17N2O4+. The van der Waals surface area contributed by atoms with Gasteiger partial charge < -0.3 is 10.1 Å². The van der Waals surface area contributed by atoms with Crippen LogP contribution in [0.2, 0.25) is 0 Å². The molecule has 0 spiro atoms. The molecule has 1 amide bonds. The second-order valence-corrected chi connectivity index (χ2v) is 6.43. The van der Waals surface area contributed by atoms with Crippen molar-refractivity contribution in [3.05, 3.63) is 89.7 Å². The summed E-state index contributed by atoms with van der Waals surface area (Å²) in [5.41, 5.74) is 2.15. The molecule has 0 saturated carbocycles. The minimum Gasteiger partial charge on any atom is -0.482 e. The molecule has 0 aliphatic carbocycles. The molecule has 0 bridgehead atoms. The molecule has 0 fully saturated rings. The van der Waals surface area contributed by atoms with Gasteiger partial charge in [0.15, 0.2) is 24.8 Å². The first-order valence-electron chi connectivity index (χ1n) is 8.79. The summed E-state index contributed by atoms with van der Waals surface area (Å²) in [6.07, 6.45) is 3.41. The van der Waals surface area contributed by atoms with Crippen molar-refractivity contribution >= 4 is 23.2 Å². The first kappa shape index (κ1) is 17.6. The normalized spacial score (nSPS) is 12.5. The molecule has 1 aliphatic rings. The topological polar surface area (TPSA) is 76.4 Å². The fraction of sp³-hybridized carbons (Fsp3) is 0.0909. The van der Waals surface area contributed by atoms with Gasteiger partial charge in [0, 0.05) is 28.8 Å². The van der Waals surface area contributed by atoms with Crippen LogP contribution in [-0.4, -0.2) is 24.1 Å². The zero-order valence-electron chi connectivity index (χ0n) is 14.9. The molecule has 0 atom stereocenters. The summed E-state index contributed by atoms with van der Waals surface area (Å²) in [6.45, 7) is 0.0948. The number of rotatable bonds is 5. The van der Waals surface area contributed by atoms with Crippen molar-refractivity contribution in [2.75, 3.05) is 11.9 Å². The lowest BCUT2D eigenvalue weighted by Crippen LogP contribution is -2.37. The molecule has 6 nitrogen and oxygen atoms in total. The van der Waals surface area contributed by atoms with Crippen molar-refractivity contribution < 1.29 is 23.7 Å². The third-order valence-electron chi connectivity index (χ3n) is 4.45. The van der Waals surface area contributed by atoms with E-state index < -0.39 is 0 Å². The fourth-order valence-electron chi connectivity index (χ4n) is 2.98. The van der Waals surface area contributed by atoms with Crippen LogP contribution in [0.15, 0.2) is 73.1 Å². The van der Waals surface area contributed by atoms with Crippen LogP contribution < -0.4 is 14.6 Å². The van der Waals surface area contributed by atoms with Gasteiger partial charge in [0.25, 0.3) is 5.91 Å². The number of aromatic nitrogens is 1. The number of anilines is 1. The number of hydrogen-bond donors (Lipinski definition) is 1.